The molecule has 17 nitrogen and oxygen atoms in total. The number of carbonyl (C=O) groups excluding carboxylic acids is 4. The molecule has 0 radical (unpaired) electrons. The van der Waals surface area contributed by atoms with Gasteiger partial charge in [-0.15, -0.1) is 0 Å². The second-order valence-electron chi connectivity index (χ2n) is 26.0. The van der Waals surface area contributed by atoms with Crippen LogP contribution in [0.25, 0.3) is 0 Å². The van der Waals surface area contributed by atoms with Crippen molar-refractivity contribution in [2.24, 2.45) is 17.8 Å². The van der Waals surface area contributed by atoms with Crippen molar-refractivity contribution in [2.45, 2.75) is 369 Å². The largest absolute Gasteiger partial charge is 0.472 e. The number of hydrogen-bond donors (Lipinski definition) is 3. The Kier molecular flexibility index (Phi) is 59.6. The zero-order valence-electron chi connectivity index (χ0n) is 57.9. The summed E-state index contributed by atoms with van der Waals surface area (Å²) in [6.07, 6.45) is 44.4. The lowest BCUT2D eigenvalue weighted by Crippen LogP contribution is -2.30. The van der Waals surface area contributed by atoms with E-state index in [1.54, 1.807) is 0 Å². The summed E-state index contributed by atoms with van der Waals surface area (Å²) in [4.78, 5) is 72.4. The number of rotatable bonds is 68. The highest BCUT2D eigenvalue weighted by atomic mass is 31.2. The van der Waals surface area contributed by atoms with Crippen molar-refractivity contribution in [2.75, 3.05) is 39.6 Å². The topological polar surface area (TPSA) is 237 Å². The normalized spacial score (nSPS) is 15.1. The van der Waals surface area contributed by atoms with E-state index in [1.165, 1.54) is 148 Å². The average molecular weight is 1310 g/mol. The first kappa shape index (κ1) is 87.1. The molecule has 0 aromatic rings. The number of phosphoric ester groups is 2. The zero-order valence-corrected chi connectivity index (χ0v) is 59.7. The predicted molar refractivity (Wildman–Crippen MR) is 358 cm³/mol. The van der Waals surface area contributed by atoms with Crippen LogP contribution in [0, 0.1) is 17.8 Å². The first-order valence-corrected chi connectivity index (χ1v) is 39.5. The van der Waals surface area contributed by atoms with Crippen LogP contribution >= 0.6 is 15.6 Å². The highest BCUT2D eigenvalue weighted by Gasteiger charge is 2.30. The number of unbranched alkanes of at least 4 members (excludes halogenated alkanes) is 33. The molecule has 5 unspecified atom stereocenters. The van der Waals surface area contributed by atoms with Gasteiger partial charge < -0.3 is 33.8 Å². The number of aliphatic hydroxyl groups is 1. The molecule has 0 spiro atoms. The summed E-state index contributed by atoms with van der Waals surface area (Å²) < 4.78 is 68.2. The molecule has 89 heavy (non-hydrogen) atoms. The summed E-state index contributed by atoms with van der Waals surface area (Å²) in [5, 5.41) is 10.6. The summed E-state index contributed by atoms with van der Waals surface area (Å²) in [5.74, 6) is 0.261. The van der Waals surface area contributed by atoms with Crippen molar-refractivity contribution in [3.8, 4) is 0 Å². The van der Waals surface area contributed by atoms with Gasteiger partial charge in [0, 0.05) is 25.7 Å². The van der Waals surface area contributed by atoms with Gasteiger partial charge in [0.25, 0.3) is 0 Å². The molecule has 0 rings (SSSR count). The maximum absolute atomic E-state index is 13.0. The highest BCUT2D eigenvalue weighted by molar-refractivity contribution is 7.47. The standard InChI is InChI=1S/C70H136O17P2/c1-8-12-13-14-27-37-44-51-67(72)80-57-65(87-70(75)54-47-40-33-26-24-30-36-43-50-63(7)11-4)59-84-88(76,77)82-55-64(71)56-83-89(78,79)85-60-66(58-81-68(73)52-45-38-31-25-23-29-35-42-49-62(6)10-3)86-69(74)53-46-39-32-22-20-18-16-15-17-19-21-28-34-41-48-61(5)9-2/h61-66,71H,8-60H2,1-7H3,(H,76,77)(H,78,79)/t61?,62?,63?,64-,65+,66+/m0/s1. The molecular formula is C70H136O17P2. The fourth-order valence-corrected chi connectivity index (χ4v) is 12.0. The Morgan fingerprint density at radius 3 is 0.798 bits per heavy atom. The smallest absolute Gasteiger partial charge is 0.462 e. The van der Waals surface area contributed by atoms with Gasteiger partial charge in [-0.3, -0.25) is 37.3 Å². The second-order valence-corrected chi connectivity index (χ2v) is 28.9. The van der Waals surface area contributed by atoms with E-state index in [0.29, 0.717) is 25.7 Å². The molecule has 0 aliphatic carbocycles. The average Bonchev–Trinajstić information content (AvgIpc) is 3.69. The van der Waals surface area contributed by atoms with Gasteiger partial charge >= 0.3 is 39.5 Å². The van der Waals surface area contributed by atoms with E-state index in [9.17, 15) is 43.2 Å². The van der Waals surface area contributed by atoms with Crippen LogP contribution in [-0.4, -0.2) is 96.7 Å². The van der Waals surface area contributed by atoms with E-state index in [-0.39, 0.29) is 25.7 Å². The number of ether oxygens (including phenoxy) is 4. The summed E-state index contributed by atoms with van der Waals surface area (Å²) in [5.41, 5.74) is 0. The summed E-state index contributed by atoms with van der Waals surface area (Å²) in [7, 11) is -9.90. The number of phosphoric acid groups is 2. The van der Waals surface area contributed by atoms with Crippen LogP contribution in [0.3, 0.4) is 0 Å². The van der Waals surface area contributed by atoms with Gasteiger partial charge in [-0.1, -0.05) is 299 Å². The van der Waals surface area contributed by atoms with E-state index >= 15 is 0 Å². The van der Waals surface area contributed by atoms with Crippen LogP contribution in [0.4, 0.5) is 0 Å². The quantitative estimate of drug-likeness (QED) is 0.0222. The minimum absolute atomic E-state index is 0.104. The molecule has 8 atom stereocenters. The maximum atomic E-state index is 13.0. The fourth-order valence-electron chi connectivity index (χ4n) is 10.4. The van der Waals surface area contributed by atoms with Gasteiger partial charge in [-0.2, -0.15) is 0 Å². The molecule has 3 N–H and O–H groups in total. The Hall–Kier alpha value is -1.94. The van der Waals surface area contributed by atoms with Crippen molar-refractivity contribution in [1.29, 1.82) is 0 Å². The fraction of sp³-hybridized carbons (Fsp3) is 0.943. The minimum atomic E-state index is -4.95. The Morgan fingerprint density at radius 1 is 0.315 bits per heavy atom. The van der Waals surface area contributed by atoms with Crippen molar-refractivity contribution in [3.63, 3.8) is 0 Å². The Balaban J connectivity index is 5.21. The molecule has 0 saturated heterocycles. The number of hydrogen-bond acceptors (Lipinski definition) is 15. The van der Waals surface area contributed by atoms with E-state index in [2.05, 4.69) is 48.5 Å². The SMILES string of the molecule is CCCCCCCCCC(=O)OC[C@H](COP(=O)(O)OC[C@H](O)COP(=O)(O)OC[C@@H](COC(=O)CCCCCCCCCCC(C)CC)OC(=O)CCCCCCCCCCCCCCCCC(C)CC)OC(=O)CCCCCCCCCCC(C)CC. The molecule has 0 amide bonds. The summed E-state index contributed by atoms with van der Waals surface area (Å²) >= 11 is 0. The molecule has 0 aliphatic heterocycles. The van der Waals surface area contributed by atoms with Crippen LogP contribution < -0.4 is 0 Å². The van der Waals surface area contributed by atoms with Gasteiger partial charge in [0.1, 0.15) is 19.3 Å². The van der Waals surface area contributed by atoms with Gasteiger partial charge in [-0.05, 0) is 43.4 Å². The Morgan fingerprint density at radius 2 is 0.539 bits per heavy atom. The van der Waals surface area contributed by atoms with Crippen molar-refractivity contribution >= 4 is 39.5 Å². The van der Waals surface area contributed by atoms with Gasteiger partial charge in [0.05, 0.1) is 26.4 Å². The number of carbonyl (C=O) groups is 4. The lowest BCUT2D eigenvalue weighted by atomic mass is 9.99. The van der Waals surface area contributed by atoms with E-state index in [4.69, 9.17) is 37.0 Å². The first-order valence-electron chi connectivity index (χ1n) is 36.5. The van der Waals surface area contributed by atoms with Crippen LogP contribution in [-0.2, 0) is 65.4 Å². The highest BCUT2D eigenvalue weighted by Crippen LogP contribution is 2.45. The van der Waals surface area contributed by atoms with Gasteiger partial charge in [0.2, 0.25) is 0 Å². The van der Waals surface area contributed by atoms with E-state index < -0.39 is 97.5 Å². The molecule has 0 aliphatic rings. The van der Waals surface area contributed by atoms with Crippen molar-refractivity contribution < 1.29 is 80.2 Å². The molecule has 0 fully saturated rings. The summed E-state index contributed by atoms with van der Waals surface area (Å²) in [6.45, 7) is 11.9. The van der Waals surface area contributed by atoms with Crippen LogP contribution in [0.2, 0.25) is 0 Å². The van der Waals surface area contributed by atoms with Gasteiger partial charge in [0.15, 0.2) is 12.2 Å². The third-order valence-corrected chi connectivity index (χ3v) is 19.1. The van der Waals surface area contributed by atoms with E-state index in [0.717, 1.165) is 120 Å². The minimum Gasteiger partial charge on any atom is -0.462 e. The summed E-state index contributed by atoms with van der Waals surface area (Å²) in [6, 6.07) is 0. The number of aliphatic hydroxyl groups excluding tert-OH is 1. The molecular weight excluding hydrogens is 1170 g/mol. The third-order valence-electron chi connectivity index (χ3n) is 17.2. The number of esters is 4. The molecule has 0 bridgehead atoms. The molecule has 0 aromatic carbocycles. The lowest BCUT2D eigenvalue weighted by Gasteiger charge is -2.21. The Bertz CT molecular complexity index is 1760. The zero-order chi connectivity index (χ0) is 65.9. The van der Waals surface area contributed by atoms with E-state index in [1.807, 2.05) is 0 Å². The van der Waals surface area contributed by atoms with Crippen molar-refractivity contribution in [1.82, 2.24) is 0 Å². The predicted octanol–water partition coefficient (Wildman–Crippen LogP) is 19.8. The second kappa shape index (κ2) is 61.0. The molecule has 0 saturated carbocycles. The molecule has 0 aromatic heterocycles. The molecule has 0 heterocycles. The Labute approximate surface area is 543 Å². The third kappa shape index (κ3) is 60.7. The maximum Gasteiger partial charge on any atom is 0.472 e. The van der Waals surface area contributed by atoms with Crippen LogP contribution in [0.15, 0.2) is 0 Å². The first-order chi connectivity index (χ1) is 42.8. The molecule has 528 valence electrons. The monoisotopic (exact) mass is 1310 g/mol. The van der Waals surface area contributed by atoms with Crippen molar-refractivity contribution in [3.05, 3.63) is 0 Å². The molecule has 19 heteroatoms. The lowest BCUT2D eigenvalue weighted by molar-refractivity contribution is -0.161. The van der Waals surface area contributed by atoms with Crippen LogP contribution in [0.1, 0.15) is 350 Å². The van der Waals surface area contributed by atoms with Gasteiger partial charge in [-0.25, -0.2) is 9.13 Å². The van der Waals surface area contributed by atoms with Crippen LogP contribution in [0.5, 0.6) is 0 Å².